The largest absolute Gasteiger partial charge is 0.381 e. The Kier molecular flexibility index (Phi) is 2.72. The van der Waals surface area contributed by atoms with Gasteiger partial charge in [-0.2, -0.15) is 0 Å². The molecular formula is C15H21NO. The highest BCUT2D eigenvalue weighted by atomic mass is 16.5. The zero-order chi connectivity index (χ0) is 11.9. The maximum Gasteiger partial charge on any atom is 0.0607 e. The first-order valence-electron chi connectivity index (χ1n) is 6.59. The minimum atomic E-state index is 0.178. The van der Waals surface area contributed by atoms with Crippen LogP contribution >= 0.6 is 0 Å². The van der Waals surface area contributed by atoms with Crippen molar-refractivity contribution in [3.63, 3.8) is 0 Å². The summed E-state index contributed by atoms with van der Waals surface area (Å²) in [5.41, 5.74) is 2.95. The van der Waals surface area contributed by atoms with Gasteiger partial charge in [0, 0.05) is 18.7 Å². The van der Waals surface area contributed by atoms with Gasteiger partial charge in [-0.25, -0.2) is 0 Å². The fourth-order valence-corrected chi connectivity index (χ4v) is 3.48. The summed E-state index contributed by atoms with van der Waals surface area (Å²) in [5.74, 6) is 0. The van der Waals surface area contributed by atoms with Crippen LogP contribution in [0.1, 0.15) is 36.8 Å². The highest BCUT2D eigenvalue weighted by molar-refractivity contribution is 5.30. The maximum absolute atomic E-state index is 5.60. The first-order valence-corrected chi connectivity index (χ1v) is 6.59. The Labute approximate surface area is 103 Å². The van der Waals surface area contributed by atoms with Crippen molar-refractivity contribution in [1.82, 2.24) is 5.32 Å². The van der Waals surface area contributed by atoms with Crippen molar-refractivity contribution < 1.29 is 4.74 Å². The Morgan fingerprint density at radius 1 is 1.29 bits per heavy atom. The molecule has 0 saturated carbocycles. The molecule has 2 fully saturated rings. The Balaban J connectivity index is 1.92. The van der Waals surface area contributed by atoms with E-state index in [2.05, 4.69) is 36.5 Å². The van der Waals surface area contributed by atoms with E-state index >= 15 is 0 Å². The number of benzene rings is 1. The summed E-state index contributed by atoms with van der Waals surface area (Å²) in [7, 11) is 1.85. The van der Waals surface area contributed by atoms with E-state index < -0.39 is 0 Å². The number of ether oxygens (including phenoxy) is 1. The average Bonchev–Trinajstić information content (AvgIpc) is 2.66. The quantitative estimate of drug-likeness (QED) is 0.845. The van der Waals surface area contributed by atoms with Gasteiger partial charge >= 0.3 is 0 Å². The lowest BCUT2D eigenvalue weighted by Gasteiger charge is -2.39. The SMILES string of the molecule is COC1CC2CCC(c3ccc(C)cc3)(C1)N2. The van der Waals surface area contributed by atoms with Gasteiger partial charge in [0.1, 0.15) is 0 Å². The first-order chi connectivity index (χ1) is 8.22. The number of aryl methyl sites for hydroxylation is 1. The Morgan fingerprint density at radius 3 is 2.76 bits per heavy atom. The highest BCUT2D eigenvalue weighted by Crippen LogP contribution is 2.43. The van der Waals surface area contributed by atoms with Crippen molar-refractivity contribution in [3.8, 4) is 0 Å². The van der Waals surface area contributed by atoms with E-state index in [9.17, 15) is 0 Å². The van der Waals surface area contributed by atoms with Crippen molar-refractivity contribution in [2.75, 3.05) is 7.11 Å². The minimum absolute atomic E-state index is 0.178. The third-order valence-corrected chi connectivity index (χ3v) is 4.46. The average molecular weight is 231 g/mol. The predicted molar refractivity (Wildman–Crippen MR) is 69.0 cm³/mol. The molecule has 2 bridgehead atoms. The summed E-state index contributed by atoms with van der Waals surface area (Å²) in [6.45, 7) is 2.14. The Bertz CT molecular complexity index is 400. The zero-order valence-corrected chi connectivity index (χ0v) is 10.7. The van der Waals surface area contributed by atoms with E-state index in [1.165, 1.54) is 30.4 Å². The van der Waals surface area contributed by atoms with Crippen molar-refractivity contribution in [3.05, 3.63) is 35.4 Å². The number of methoxy groups -OCH3 is 1. The number of hydrogen-bond donors (Lipinski definition) is 1. The monoisotopic (exact) mass is 231 g/mol. The zero-order valence-electron chi connectivity index (χ0n) is 10.7. The molecule has 0 spiro atoms. The van der Waals surface area contributed by atoms with Crippen molar-refractivity contribution in [1.29, 1.82) is 0 Å². The lowest BCUT2D eigenvalue weighted by atomic mass is 9.82. The molecule has 3 unspecified atom stereocenters. The minimum Gasteiger partial charge on any atom is -0.381 e. The number of piperidine rings is 1. The third-order valence-electron chi connectivity index (χ3n) is 4.46. The molecule has 3 rings (SSSR count). The molecule has 3 atom stereocenters. The smallest absolute Gasteiger partial charge is 0.0607 e. The Hall–Kier alpha value is -0.860. The maximum atomic E-state index is 5.60. The van der Waals surface area contributed by atoms with E-state index in [1.807, 2.05) is 7.11 Å². The molecule has 2 saturated heterocycles. The number of rotatable bonds is 2. The van der Waals surface area contributed by atoms with Crippen LogP contribution in [0.3, 0.4) is 0 Å². The fourth-order valence-electron chi connectivity index (χ4n) is 3.48. The molecule has 1 aromatic carbocycles. The molecule has 2 aliphatic rings. The van der Waals surface area contributed by atoms with Crippen LogP contribution in [0.5, 0.6) is 0 Å². The second kappa shape index (κ2) is 4.11. The van der Waals surface area contributed by atoms with Gasteiger partial charge in [-0.05, 0) is 38.2 Å². The molecular weight excluding hydrogens is 210 g/mol. The van der Waals surface area contributed by atoms with Crippen LogP contribution < -0.4 is 5.32 Å². The van der Waals surface area contributed by atoms with Gasteiger partial charge in [0.05, 0.1) is 6.10 Å². The Morgan fingerprint density at radius 2 is 2.06 bits per heavy atom. The molecule has 0 radical (unpaired) electrons. The van der Waals surface area contributed by atoms with Crippen LogP contribution in [0, 0.1) is 6.92 Å². The van der Waals surface area contributed by atoms with Gasteiger partial charge in [0.2, 0.25) is 0 Å². The van der Waals surface area contributed by atoms with Crippen LogP contribution in [0.25, 0.3) is 0 Å². The summed E-state index contributed by atoms with van der Waals surface area (Å²) < 4.78 is 5.60. The molecule has 2 heterocycles. The summed E-state index contributed by atoms with van der Waals surface area (Å²) in [5, 5.41) is 3.82. The van der Waals surface area contributed by atoms with Gasteiger partial charge < -0.3 is 10.1 Å². The van der Waals surface area contributed by atoms with Gasteiger partial charge in [0.15, 0.2) is 0 Å². The van der Waals surface area contributed by atoms with E-state index in [-0.39, 0.29) is 5.54 Å². The fraction of sp³-hybridized carbons (Fsp3) is 0.600. The van der Waals surface area contributed by atoms with Crippen molar-refractivity contribution in [2.45, 2.75) is 50.3 Å². The first kappa shape index (κ1) is 11.2. The van der Waals surface area contributed by atoms with E-state index in [0.29, 0.717) is 12.1 Å². The molecule has 1 N–H and O–H groups in total. The third kappa shape index (κ3) is 1.90. The second-order valence-electron chi connectivity index (χ2n) is 5.63. The topological polar surface area (TPSA) is 21.3 Å². The van der Waals surface area contributed by atoms with Crippen molar-refractivity contribution in [2.24, 2.45) is 0 Å². The van der Waals surface area contributed by atoms with Gasteiger partial charge in [0.25, 0.3) is 0 Å². The van der Waals surface area contributed by atoms with Crippen LogP contribution in [0.4, 0.5) is 0 Å². The molecule has 2 aliphatic heterocycles. The second-order valence-corrected chi connectivity index (χ2v) is 5.63. The normalized spacial score (nSPS) is 36.1. The molecule has 0 aliphatic carbocycles. The lowest BCUT2D eigenvalue weighted by molar-refractivity contribution is 0.0361. The summed E-state index contributed by atoms with van der Waals surface area (Å²) in [6.07, 6.45) is 5.24. The molecule has 0 amide bonds. The number of hydrogen-bond acceptors (Lipinski definition) is 2. The summed E-state index contributed by atoms with van der Waals surface area (Å²) in [4.78, 5) is 0. The van der Waals surface area contributed by atoms with Crippen LogP contribution in [0.2, 0.25) is 0 Å². The lowest BCUT2D eigenvalue weighted by Crippen LogP contribution is -2.49. The molecule has 92 valence electrons. The van der Waals surface area contributed by atoms with E-state index in [1.54, 1.807) is 0 Å². The molecule has 2 heteroatoms. The van der Waals surface area contributed by atoms with Gasteiger partial charge in [-0.15, -0.1) is 0 Å². The van der Waals surface area contributed by atoms with Crippen LogP contribution in [-0.4, -0.2) is 19.3 Å². The summed E-state index contributed by atoms with van der Waals surface area (Å²) >= 11 is 0. The molecule has 17 heavy (non-hydrogen) atoms. The van der Waals surface area contributed by atoms with E-state index in [0.717, 1.165) is 6.42 Å². The van der Waals surface area contributed by atoms with Crippen LogP contribution in [-0.2, 0) is 10.3 Å². The predicted octanol–water partition coefficient (Wildman–Crippen LogP) is 2.75. The molecule has 1 aromatic rings. The number of fused-ring (bicyclic) bond motifs is 2. The van der Waals surface area contributed by atoms with Crippen molar-refractivity contribution >= 4 is 0 Å². The summed E-state index contributed by atoms with van der Waals surface area (Å²) in [6, 6.07) is 9.64. The highest BCUT2D eigenvalue weighted by Gasteiger charge is 2.46. The van der Waals surface area contributed by atoms with Crippen LogP contribution in [0.15, 0.2) is 24.3 Å². The number of nitrogens with one attached hydrogen (secondary N) is 1. The molecule has 2 nitrogen and oxygen atoms in total. The van der Waals surface area contributed by atoms with Gasteiger partial charge in [-0.3, -0.25) is 0 Å². The van der Waals surface area contributed by atoms with E-state index in [4.69, 9.17) is 4.74 Å². The molecule has 0 aromatic heterocycles. The standard InChI is InChI=1S/C15H21NO/c1-11-3-5-12(6-4-11)15-8-7-13(16-15)9-14(10-15)17-2/h3-6,13-14,16H,7-10H2,1-2H3. The van der Waals surface area contributed by atoms with Gasteiger partial charge in [-0.1, -0.05) is 29.8 Å².